The van der Waals surface area contributed by atoms with Crippen molar-refractivity contribution in [1.29, 1.82) is 0 Å². The Labute approximate surface area is 188 Å². The molecule has 0 bridgehead atoms. The van der Waals surface area contributed by atoms with Gasteiger partial charge in [0.05, 0.1) is 5.56 Å². The number of halogens is 4. The maximum atomic E-state index is 13.7. The highest BCUT2D eigenvalue weighted by molar-refractivity contribution is 9.10. The van der Waals surface area contributed by atoms with Gasteiger partial charge in [-0.3, -0.25) is 9.80 Å². The Kier molecular flexibility index (Phi) is 7.55. The molecule has 0 atom stereocenters. The number of rotatable bonds is 5. The molecule has 3 rings (SSSR count). The van der Waals surface area contributed by atoms with E-state index >= 15 is 0 Å². The summed E-state index contributed by atoms with van der Waals surface area (Å²) in [5, 5.41) is 2.53. The van der Waals surface area contributed by atoms with Crippen LogP contribution in [-0.4, -0.2) is 60.6 Å². The highest BCUT2D eigenvalue weighted by Gasteiger charge is 2.34. The third-order valence-electron chi connectivity index (χ3n) is 5.33. The lowest BCUT2D eigenvalue weighted by Crippen LogP contribution is -2.45. The van der Waals surface area contributed by atoms with Gasteiger partial charge in [-0.1, -0.05) is 28.9 Å². The predicted molar refractivity (Wildman–Crippen MR) is 118 cm³/mol. The van der Waals surface area contributed by atoms with Crippen LogP contribution in [0.2, 0.25) is 0 Å². The quantitative estimate of drug-likeness (QED) is 0.649. The molecular weight excluding hydrogens is 475 g/mol. The van der Waals surface area contributed by atoms with Crippen LogP contribution in [0.4, 0.5) is 29.5 Å². The number of aromatic nitrogens is 1. The van der Waals surface area contributed by atoms with Gasteiger partial charge in [0.1, 0.15) is 5.82 Å². The number of carbonyl (C=O) groups is 1. The minimum absolute atomic E-state index is 0.0822. The van der Waals surface area contributed by atoms with Crippen LogP contribution in [0.5, 0.6) is 0 Å². The lowest BCUT2D eigenvalue weighted by atomic mass is 10.0. The fraction of sp³-hybridized carbons (Fsp3) is 0.429. The highest BCUT2D eigenvalue weighted by atomic mass is 79.9. The number of benzene rings is 1. The van der Waals surface area contributed by atoms with Gasteiger partial charge in [0, 0.05) is 56.1 Å². The molecule has 1 fully saturated rings. The van der Waals surface area contributed by atoms with Crippen LogP contribution in [0.25, 0.3) is 0 Å². The molecule has 1 aromatic carbocycles. The standard InChI is InChI=1S/C21H25BrF3N5O/c1-3-29-8-10-30(11-9-29)14-15-4-5-17(13-18(15)21(23,24)25)27-20(31)28(2)19-12-16(22)6-7-26-19/h4-7,12-13H,3,8-11,14H2,1-2H3,(H,27,31). The molecule has 2 heterocycles. The molecular formula is C21H25BrF3N5O. The van der Waals surface area contributed by atoms with Crippen molar-refractivity contribution in [1.82, 2.24) is 14.8 Å². The topological polar surface area (TPSA) is 51.7 Å². The molecule has 1 aliphatic rings. The van der Waals surface area contributed by atoms with Gasteiger partial charge >= 0.3 is 12.2 Å². The van der Waals surface area contributed by atoms with Crippen molar-refractivity contribution in [3.8, 4) is 0 Å². The van der Waals surface area contributed by atoms with Crippen LogP contribution < -0.4 is 10.2 Å². The van der Waals surface area contributed by atoms with Crippen LogP contribution >= 0.6 is 15.9 Å². The number of carbonyl (C=O) groups excluding carboxylic acids is 1. The number of nitrogens with one attached hydrogen (secondary N) is 1. The van der Waals surface area contributed by atoms with Crippen molar-refractivity contribution >= 4 is 33.5 Å². The number of urea groups is 1. The van der Waals surface area contributed by atoms with Crippen molar-refractivity contribution in [2.24, 2.45) is 0 Å². The van der Waals surface area contributed by atoms with Crippen LogP contribution in [0.15, 0.2) is 41.0 Å². The summed E-state index contributed by atoms with van der Waals surface area (Å²) in [7, 11) is 1.50. The second kappa shape index (κ2) is 9.97. The number of likely N-dealkylation sites (N-methyl/N-ethyl adjacent to an activating group) is 1. The first-order chi connectivity index (χ1) is 14.7. The van der Waals surface area contributed by atoms with Crippen LogP contribution in [0.3, 0.4) is 0 Å². The van der Waals surface area contributed by atoms with Crippen molar-refractivity contribution in [3.05, 3.63) is 52.1 Å². The van der Waals surface area contributed by atoms with Gasteiger partial charge in [-0.05, 0) is 36.4 Å². The van der Waals surface area contributed by atoms with Crippen LogP contribution in [-0.2, 0) is 12.7 Å². The zero-order valence-corrected chi connectivity index (χ0v) is 19.0. The number of nitrogens with zero attached hydrogens (tertiary/aromatic N) is 4. The Morgan fingerprint density at radius 3 is 2.45 bits per heavy atom. The maximum Gasteiger partial charge on any atom is 0.416 e. The van der Waals surface area contributed by atoms with Crippen molar-refractivity contribution in [3.63, 3.8) is 0 Å². The SMILES string of the molecule is CCN1CCN(Cc2ccc(NC(=O)N(C)c3cc(Br)ccn3)cc2C(F)(F)F)CC1. The molecule has 0 radical (unpaired) electrons. The zero-order chi connectivity index (χ0) is 22.6. The molecule has 2 aromatic rings. The minimum atomic E-state index is -4.51. The van der Waals surface area contributed by atoms with E-state index in [1.54, 1.807) is 12.1 Å². The predicted octanol–water partition coefficient (Wildman–Crippen LogP) is 4.67. The zero-order valence-electron chi connectivity index (χ0n) is 17.4. The lowest BCUT2D eigenvalue weighted by Gasteiger charge is -2.34. The van der Waals surface area contributed by atoms with E-state index in [9.17, 15) is 18.0 Å². The molecule has 0 unspecified atom stereocenters. The lowest BCUT2D eigenvalue weighted by molar-refractivity contribution is -0.138. The number of alkyl halides is 3. The first kappa shape index (κ1) is 23.5. The average Bonchev–Trinajstić information content (AvgIpc) is 2.74. The van der Waals surface area contributed by atoms with Crippen LogP contribution in [0, 0.1) is 0 Å². The number of hydrogen-bond acceptors (Lipinski definition) is 4. The van der Waals surface area contributed by atoms with E-state index in [-0.39, 0.29) is 17.8 Å². The number of anilines is 2. The third kappa shape index (κ3) is 6.18. The van der Waals surface area contributed by atoms with E-state index in [1.165, 1.54) is 30.3 Å². The van der Waals surface area contributed by atoms with Gasteiger partial charge in [-0.2, -0.15) is 13.2 Å². The Morgan fingerprint density at radius 2 is 1.84 bits per heavy atom. The molecule has 6 nitrogen and oxygen atoms in total. The first-order valence-corrected chi connectivity index (χ1v) is 10.8. The highest BCUT2D eigenvalue weighted by Crippen LogP contribution is 2.34. The number of pyridine rings is 1. The molecule has 0 saturated carbocycles. The molecule has 0 spiro atoms. The number of amides is 2. The maximum absolute atomic E-state index is 13.7. The first-order valence-electron chi connectivity index (χ1n) is 9.98. The van der Waals surface area contributed by atoms with Gasteiger partial charge in [0.15, 0.2) is 0 Å². The molecule has 31 heavy (non-hydrogen) atoms. The molecule has 1 aliphatic heterocycles. The average molecular weight is 500 g/mol. The second-order valence-corrected chi connectivity index (χ2v) is 8.32. The summed E-state index contributed by atoms with van der Waals surface area (Å²) < 4.78 is 42.0. The van der Waals surface area contributed by atoms with Gasteiger partial charge in [-0.25, -0.2) is 9.78 Å². The molecule has 168 valence electrons. The molecule has 1 saturated heterocycles. The summed E-state index contributed by atoms with van der Waals surface area (Å²) in [6.07, 6.45) is -2.99. The van der Waals surface area contributed by atoms with Crippen molar-refractivity contribution in [2.75, 3.05) is 50.0 Å². The van der Waals surface area contributed by atoms with E-state index < -0.39 is 17.8 Å². The summed E-state index contributed by atoms with van der Waals surface area (Å²) in [5.74, 6) is 0.366. The summed E-state index contributed by atoms with van der Waals surface area (Å²) in [6, 6.07) is 6.72. The van der Waals surface area contributed by atoms with Crippen LogP contribution in [0.1, 0.15) is 18.1 Å². The Morgan fingerprint density at radius 1 is 1.16 bits per heavy atom. The fourth-order valence-electron chi connectivity index (χ4n) is 3.45. The Hall–Kier alpha value is -2.17. The third-order valence-corrected chi connectivity index (χ3v) is 5.82. The monoisotopic (exact) mass is 499 g/mol. The van der Waals surface area contributed by atoms with E-state index in [2.05, 4.69) is 38.1 Å². The number of piperazine rings is 1. The Balaban J connectivity index is 1.74. The number of hydrogen-bond donors (Lipinski definition) is 1. The second-order valence-electron chi connectivity index (χ2n) is 7.40. The van der Waals surface area contributed by atoms with E-state index in [1.807, 2.05) is 4.90 Å². The van der Waals surface area contributed by atoms with Crippen molar-refractivity contribution < 1.29 is 18.0 Å². The molecule has 10 heteroatoms. The fourth-order valence-corrected chi connectivity index (χ4v) is 3.77. The summed E-state index contributed by atoms with van der Waals surface area (Å²) in [6.45, 7) is 6.41. The molecule has 1 N–H and O–H groups in total. The van der Waals surface area contributed by atoms with Gasteiger partial charge < -0.3 is 10.2 Å². The summed E-state index contributed by atoms with van der Waals surface area (Å²) in [5.41, 5.74) is -0.442. The summed E-state index contributed by atoms with van der Waals surface area (Å²) >= 11 is 3.30. The largest absolute Gasteiger partial charge is 0.416 e. The van der Waals surface area contributed by atoms with E-state index in [0.29, 0.717) is 5.82 Å². The molecule has 2 amide bonds. The minimum Gasteiger partial charge on any atom is -0.307 e. The van der Waals surface area contributed by atoms with E-state index in [0.717, 1.165) is 43.3 Å². The Bertz CT molecular complexity index is 916. The van der Waals surface area contributed by atoms with E-state index in [4.69, 9.17) is 0 Å². The van der Waals surface area contributed by atoms with Gasteiger partial charge in [0.25, 0.3) is 0 Å². The molecule has 0 aliphatic carbocycles. The smallest absolute Gasteiger partial charge is 0.307 e. The summed E-state index contributed by atoms with van der Waals surface area (Å²) in [4.78, 5) is 22.1. The molecule has 1 aromatic heterocycles. The van der Waals surface area contributed by atoms with Gasteiger partial charge in [0.2, 0.25) is 0 Å². The van der Waals surface area contributed by atoms with Gasteiger partial charge in [-0.15, -0.1) is 0 Å². The van der Waals surface area contributed by atoms with Crippen molar-refractivity contribution in [2.45, 2.75) is 19.6 Å². The normalized spacial score (nSPS) is 15.7.